The number of hydrogen-bond acceptors (Lipinski definition) is 4. The summed E-state index contributed by atoms with van der Waals surface area (Å²) < 4.78 is 5.74. The van der Waals surface area contributed by atoms with Gasteiger partial charge < -0.3 is 15.0 Å². The summed E-state index contributed by atoms with van der Waals surface area (Å²) in [7, 11) is 2.06. The molecule has 1 aromatic carbocycles. The van der Waals surface area contributed by atoms with Crippen LogP contribution >= 0.6 is 35.3 Å². The highest BCUT2D eigenvalue weighted by molar-refractivity contribution is 14.0. The molecule has 0 saturated carbocycles. The number of aryl methyl sites for hydroxylation is 1. The Morgan fingerprint density at radius 1 is 1.21 bits per heavy atom. The Morgan fingerprint density at radius 3 is 2.68 bits per heavy atom. The maximum absolute atomic E-state index is 5.74. The zero-order valence-electron chi connectivity index (χ0n) is 17.2. The molecular formula is C21H33IN4OS. The van der Waals surface area contributed by atoms with Gasteiger partial charge in [-0.05, 0) is 38.7 Å². The first-order chi connectivity index (χ1) is 13.2. The normalized spacial score (nSPS) is 11.2. The molecule has 0 amide bonds. The maximum atomic E-state index is 5.74. The molecular weight excluding hydrogens is 483 g/mol. The number of thiazole rings is 1. The van der Waals surface area contributed by atoms with Gasteiger partial charge in [0.05, 0.1) is 23.9 Å². The summed E-state index contributed by atoms with van der Waals surface area (Å²) in [6.07, 6.45) is 3.04. The minimum absolute atomic E-state index is 0. The molecule has 1 heterocycles. The van der Waals surface area contributed by atoms with Crippen molar-refractivity contribution in [1.82, 2.24) is 15.2 Å². The number of aliphatic imine (C=N–C) groups is 1. The van der Waals surface area contributed by atoms with Crippen molar-refractivity contribution in [3.05, 3.63) is 52.0 Å². The third-order valence-corrected chi connectivity index (χ3v) is 4.92. The van der Waals surface area contributed by atoms with Gasteiger partial charge in [-0.3, -0.25) is 4.99 Å². The van der Waals surface area contributed by atoms with Gasteiger partial charge in [-0.25, -0.2) is 4.98 Å². The smallest absolute Gasteiger partial charge is 0.194 e. The largest absolute Gasteiger partial charge is 0.381 e. The quantitative estimate of drug-likeness (QED) is 0.207. The maximum Gasteiger partial charge on any atom is 0.194 e. The van der Waals surface area contributed by atoms with Crippen LogP contribution in [0.5, 0.6) is 0 Å². The van der Waals surface area contributed by atoms with Gasteiger partial charge in [0.15, 0.2) is 5.96 Å². The second-order valence-corrected chi connectivity index (χ2v) is 7.57. The van der Waals surface area contributed by atoms with Crippen LogP contribution in [0.25, 0.3) is 0 Å². The van der Waals surface area contributed by atoms with E-state index in [1.54, 1.807) is 11.3 Å². The lowest BCUT2D eigenvalue weighted by molar-refractivity contribution is 0.134. The number of nitrogens with one attached hydrogen (secondary N) is 1. The Morgan fingerprint density at radius 2 is 2.00 bits per heavy atom. The van der Waals surface area contributed by atoms with Gasteiger partial charge in [0, 0.05) is 32.1 Å². The number of halogens is 1. The second-order valence-electron chi connectivity index (χ2n) is 6.50. The Kier molecular flexibility index (Phi) is 13.1. The molecule has 1 N–H and O–H groups in total. The molecule has 0 spiro atoms. The van der Waals surface area contributed by atoms with Crippen LogP contribution in [0.2, 0.25) is 0 Å². The molecule has 0 bridgehead atoms. The molecule has 0 saturated heterocycles. The van der Waals surface area contributed by atoms with Gasteiger partial charge in [0.2, 0.25) is 0 Å². The summed E-state index contributed by atoms with van der Waals surface area (Å²) in [4.78, 5) is 11.4. The predicted molar refractivity (Wildman–Crippen MR) is 130 cm³/mol. The minimum atomic E-state index is 0. The van der Waals surface area contributed by atoms with Crippen LogP contribution < -0.4 is 5.32 Å². The molecule has 0 radical (unpaired) electrons. The van der Waals surface area contributed by atoms with E-state index in [-0.39, 0.29) is 24.0 Å². The van der Waals surface area contributed by atoms with Crippen molar-refractivity contribution in [2.75, 3.05) is 33.4 Å². The van der Waals surface area contributed by atoms with Crippen molar-refractivity contribution < 1.29 is 4.74 Å². The van der Waals surface area contributed by atoms with E-state index in [2.05, 4.69) is 58.8 Å². The highest BCUT2D eigenvalue weighted by Gasteiger charge is 2.08. The predicted octanol–water partition coefficient (Wildman–Crippen LogP) is 4.51. The van der Waals surface area contributed by atoms with Crippen molar-refractivity contribution in [2.24, 2.45) is 4.99 Å². The van der Waals surface area contributed by atoms with Crippen LogP contribution in [0, 0.1) is 6.92 Å². The minimum Gasteiger partial charge on any atom is -0.381 e. The third-order valence-electron chi connectivity index (χ3n) is 4.10. The molecule has 2 rings (SSSR count). The second kappa shape index (κ2) is 14.8. The number of nitrogens with zero attached hydrogens (tertiary/aromatic N) is 3. The molecule has 0 fully saturated rings. The monoisotopic (exact) mass is 516 g/mol. The van der Waals surface area contributed by atoms with E-state index in [9.17, 15) is 0 Å². The number of benzene rings is 1. The average Bonchev–Trinajstić information content (AvgIpc) is 3.08. The number of guanidine groups is 1. The molecule has 0 aliphatic carbocycles. The zero-order chi connectivity index (χ0) is 19.3. The molecule has 7 heteroatoms. The van der Waals surface area contributed by atoms with Crippen molar-refractivity contribution >= 4 is 41.3 Å². The van der Waals surface area contributed by atoms with Crippen molar-refractivity contribution in [2.45, 2.75) is 39.7 Å². The van der Waals surface area contributed by atoms with Gasteiger partial charge >= 0.3 is 0 Å². The van der Waals surface area contributed by atoms with E-state index in [0.717, 1.165) is 68.8 Å². The van der Waals surface area contributed by atoms with E-state index in [0.29, 0.717) is 0 Å². The first-order valence-corrected chi connectivity index (χ1v) is 10.6. The summed E-state index contributed by atoms with van der Waals surface area (Å²) in [6, 6.07) is 10.5. The number of ether oxygens (including phenoxy) is 1. The Hall–Kier alpha value is -1.19. The third kappa shape index (κ3) is 9.84. The summed E-state index contributed by atoms with van der Waals surface area (Å²) in [5, 5.41) is 6.58. The molecule has 0 aliphatic rings. The Balaban J connectivity index is 0.00000392. The molecule has 0 atom stereocenters. The average molecular weight is 516 g/mol. The van der Waals surface area contributed by atoms with Gasteiger partial charge in [0.1, 0.15) is 0 Å². The lowest BCUT2D eigenvalue weighted by Crippen LogP contribution is -2.38. The van der Waals surface area contributed by atoms with Crippen LogP contribution in [0.4, 0.5) is 0 Å². The van der Waals surface area contributed by atoms with E-state index in [1.165, 1.54) is 5.56 Å². The molecule has 0 unspecified atom stereocenters. The highest BCUT2D eigenvalue weighted by Crippen LogP contribution is 2.10. The first kappa shape index (κ1) is 24.8. The molecule has 0 aliphatic heterocycles. The van der Waals surface area contributed by atoms with Gasteiger partial charge in [0.25, 0.3) is 0 Å². The Bertz CT molecular complexity index is 678. The van der Waals surface area contributed by atoms with Gasteiger partial charge in [-0.15, -0.1) is 35.3 Å². The fraction of sp³-hybridized carbons (Fsp3) is 0.524. The number of aromatic nitrogens is 1. The number of unbranched alkanes of at least 4 members (excludes halogenated alkanes) is 1. The lowest BCUT2D eigenvalue weighted by atomic mass is 10.2. The van der Waals surface area contributed by atoms with E-state index >= 15 is 0 Å². The van der Waals surface area contributed by atoms with Crippen LogP contribution in [-0.2, 0) is 17.7 Å². The SMILES string of the molecule is CCNC(=NCCCCOCCc1ccccc1)N(C)Cc1csc(C)n1.I. The van der Waals surface area contributed by atoms with Crippen LogP contribution in [0.1, 0.15) is 36.0 Å². The summed E-state index contributed by atoms with van der Waals surface area (Å²) in [6.45, 7) is 8.16. The molecule has 1 aromatic heterocycles. The number of rotatable bonds is 11. The fourth-order valence-corrected chi connectivity index (χ4v) is 3.31. The van der Waals surface area contributed by atoms with Crippen LogP contribution in [-0.4, -0.2) is 49.2 Å². The summed E-state index contributed by atoms with van der Waals surface area (Å²) in [5.74, 6) is 0.938. The van der Waals surface area contributed by atoms with E-state index < -0.39 is 0 Å². The number of hydrogen-bond donors (Lipinski definition) is 1. The topological polar surface area (TPSA) is 49.8 Å². The highest BCUT2D eigenvalue weighted by atomic mass is 127. The lowest BCUT2D eigenvalue weighted by Gasteiger charge is -2.21. The van der Waals surface area contributed by atoms with Crippen LogP contribution in [0.3, 0.4) is 0 Å². The summed E-state index contributed by atoms with van der Waals surface area (Å²) >= 11 is 1.69. The van der Waals surface area contributed by atoms with Gasteiger partial charge in [-0.2, -0.15) is 0 Å². The van der Waals surface area contributed by atoms with Crippen molar-refractivity contribution in [3.63, 3.8) is 0 Å². The van der Waals surface area contributed by atoms with E-state index in [1.807, 2.05) is 13.0 Å². The molecule has 2 aromatic rings. The Labute approximate surface area is 190 Å². The molecule has 5 nitrogen and oxygen atoms in total. The zero-order valence-corrected chi connectivity index (χ0v) is 20.3. The molecule has 28 heavy (non-hydrogen) atoms. The van der Waals surface area contributed by atoms with Crippen molar-refractivity contribution in [3.8, 4) is 0 Å². The molecule has 156 valence electrons. The summed E-state index contributed by atoms with van der Waals surface area (Å²) in [5.41, 5.74) is 2.42. The van der Waals surface area contributed by atoms with Crippen LogP contribution in [0.15, 0.2) is 40.7 Å². The fourth-order valence-electron chi connectivity index (χ4n) is 2.71. The van der Waals surface area contributed by atoms with Crippen molar-refractivity contribution in [1.29, 1.82) is 0 Å². The first-order valence-electron chi connectivity index (χ1n) is 9.71. The van der Waals surface area contributed by atoms with Gasteiger partial charge in [-0.1, -0.05) is 30.3 Å². The standard InChI is InChI=1S/C21H32N4OS.HI/c1-4-22-21(25(3)16-20-17-27-18(2)24-20)23-13-8-9-14-26-15-12-19-10-6-5-7-11-19;/h5-7,10-11,17H,4,8-9,12-16H2,1-3H3,(H,22,23);1H. The van der Waals surface area contributed by atoms with E-state index in [4.69, 9.17) is 9.73 Å².